The minimum atomic E-state index is 0.398. The molecule has 0 atom stereocenters. The van der Waals surface area contributed by atoms with Gasteiger partial charge in [0.1, 0.15) is 0 Å². The second-order valence-corrected chi connectivity index (χ2v) is 10.2. The third-order valence-electron chi connectivity index (χ3n) is 4.24. The van der Waals surface area contributed by atoms with Crippen LogP contribution in [0.3, 0.4) is 0 Å². The maximum atomic E-state index is 3.19. The van der Waals surface area contributed by atoms with Gasteiger partial charge >= 0.3 is 147 Å². The van der Waals surface area contributed by atoms with E-state index in [9.17, 15) is 0 Å². The summed E-state index contributed by atoms with van der Waals surface area (Å²) in [5.74, 6) is 6.19. The Kier molecular flexibility index (Phi) is 3.05. The van der Waals surface area contributed by atoms with E-state index in [0.717, 1.165) is 5.56 Å². The number of benzene rings is 3. The van der Waals surface area contributed by atoms with Gasteiger partial charge in [0.15, 0.2) is 0 Å². The van der Waals surface area contributed by atoms with E-state index in [0.29, 0.717) is 29.0 Å². The SMILES string of the molecule is CC#Cc1ccc2c(c1)[se]c1cc3c(cc12)[se]c1ccccc13. The topological polar surface area (TPSA) is 0 Å². The molecular weight excluding hydrogens is 410 g/mol. The zero-order chi connectivity index (χ0) is 15.4. The molecule has 0 fully saturated rings. The monoisotopic (exact) mass is 424 g/mol. The van der Waals surface area contributed by atoms with E-state index < -0.39 is 0 Å². The van der Waals surface area contributed by atoms with Crippen molar-refractivity contribution in [1.82, 2.24) is 0 Å². The number of hydrogen-bond donors (Lipinski definition) is 0. The zero-order valence-corrected chi connectivity index (χ0v) is 15.9. The van der Waals surface area contributed by atoms with Crippen LogP contribution in [-0.2, 0) is 0 Å². The third-order valence-corrected chi connectivity index (χ3v) is 8.96. The van der Waals surface area contributed by atoms with Gasteiger partial charge in [0.25, 0.3) is 0 Å². The Morgan fingerprint density at radius 2 is 1.30 bits per heavy atom. The van der Waals surface area contributed by atoms with Crippen molar-refractivity contribution in [3.8, 4) is 11.8 Å². The summed E-state index contributed by atoms with van der Waals surface area (Å²) >= 11 is 0.847. The van der Waals surface area contributed by atoms with Gasteiger partial charge < -0.3 is 0 Å². The standard InChI is InChI=1S/C21H12Se2/c1-2-5-13-8-9-15-17-12-20-16(11-21(17)23-19(15)10-13)14-6-3-4-7-18(14)22-20/h3-4,6-12H,1H3. The van der Waals surface area contributed by atoms with Gasteiger partial charge in [-0.25, -0.2) is 0 Å². The molecule has 2 heterocycles. The first-order valence-electron chi connectivity index (χ1n) is 7.54. The van der Waals surface area contributed by atoms with Crippen molar-refractivity contribution >= 4 is 67.6 Å². The quantitative estimate of drug-likeness (QED) is 0.249. The van der Waals surface area contributed by atoms with Gasteiger partial charge in [-0.15, -0.1) is 0 Å². The van der Waals surface area contributed by atoms with Crippen LogP contribution in [0.15, 0.2) is 54.6 Å². The van der Waals surface area contributed by atoms with Crippen molar-refractivity contribution in [3.63, 3.8) is 0 Å². The summed E-state index contributed by atoms with van der Waals surface area (Å²) in [4.78, 5) is 0. The first kappa shape index (κ1) is 13.7. The Labute approximate surface area is 146 Å². The molecule has 0 nitrogen and oxygen atoms in total. The Balaban J connectivity index is 1.90. The van der Waals surface area contributed by atoms with E-state index in [2.05, 4.69) is 66.4 Å². The molecule has 2 aromatic heterocycles. The summed E-state index contributed by atoms with van der Waals surface area (Å²) in [6, 6.07) is 20.5. The van der Waals surface area contributed by atoms with Crippen molar-refractivity contribution in [2.45, 2.75) is 6.92 Å². The molecule has 0 aliphatic heterocycles. The van der Waals surface area contributed by atoms with Crippen molar-refractivity contribution in [1.29, 1.82) is 0 Å². The third kappa shape index (κ3) is 2.06. The number of rotatable bonds is 0. The van der Waals surface area contributed by atoms with Crippen LogP contribution in [-0.4, -0.2) is 29.0 Å². The van der Waals surface area contributed by atoms with Gasteiger partial charge in [-0.05, 0) is 0 Å². The van der Waals surface area contributed by atoms with Crippen LogP contribution < -0.4 is 0 Å². The fourth-order valence-corrected chi connectivity index (χ4v) is 8.03. The molecule has 0 amide bonds. The predicted molar refractivity (Wildman–Crippen MR) is 103 cm³/mol. The average molecular weight is 422 g/mol. The van der Waals surface area contributed by atoms with Crippen molar-refractivity contribution in [3.05, 3.63) is 60.2 Å². The molecule has 0 bridgehead atoms. The summed E-state index contributed by atoms with van der Waals surface area (Å²) in [6.45, 7) is 1.90. The molecule has 5 rings (SSSR count). The van der Waals surface area contributed by atoms with Crippen LogP contribution in [0, 0.1) is 11.8 Å². The second kappa shape index (κ2) is 5.13. The maximum absolute atomic E-state index is 3.19. The van der Waals surface area contributed by atoms with Crippen LogP contribution in [0.5, 0.6) is 0 Å². The normalized spacial score (nSPS) is 11.3. The van der Waals surface area contributed by atoms with Crippen LogP contribution in [0.25, 0.3) is 38.6 Å². The molecule has 0 saturated carbocycles. The summed E-state index contributed by atoms with van der Waals surface area (Å²) in [7, 11) is 0. The van der Waals surface area contributed by atoms with Crippen LogP contribution >= 0.6 is 0 Å². The molecular formula is C21H12Se2. The molecule has 23 heavy (non-hydrogen) atoms. The van der Waals surface area contributed by atoms with Gasteiger partial charge in [0, 0.05) is 0 Å². The molecule has 0 radical (unpaired) electrons. The predicted octanol–water partition coefficient (Wildman–Crippen LogP) is 4.78. The Morgan fingerprint density at radius 1 is 0.652 bits per heavy atom. The first-order chi connectivity index (χ1) is 11.3. The summed E-state index contributed by atoms with van der Waals surface area (Å²) < 4.78 is 6.08. The molecule has 0 saturated heterocycles. The van der Waals surface area contributed by atoms with E-state index in [1.165, 1.54) is 34.3 Å². The molecule has 5 aromatic rings. The van der Waals surface area contributed by atoms with Crippen LogP contribution in [0.4, 0.5) is 0 Å². The molecule has 108 valence electrons. The van der Waals surface area contributed by atoms with E-state index in [-0.39, 0.29) is 0 Å². The summed E-state index contributed by atoms with van der Waals surface area (Å²) in [5.41, 5.74) is 1.14. The Bertz CT molecular complexity index is 1270. The van der Waals surface area contributed by atoms with Gasteiger partial charge in [-0.3, -0.25) is 0 Å². The molecule has 0 N–H and O–H groups in total. The second-order valence-electron chi connectivity index (χ2n) is 5.63. The van der Waals surface area contributed by atoms with E-state index in [1.807, 2.05) is 6.92 Å². The summed E-state index contributed by atoms with van der Waals surface area (Å²) in [6.07, 6.45) is 0. The number of fused-ring (bicyclic) bond motifs is 6. The van der Waals surface area contributed by atoms with E-state index in [4.69, 9.17) is 0 Å². The van der Waals surface area contributed by atoms with Crippen LogP contribution in [0.1, 0.15) is 12.5 Å². The molecule has 0 aliphatic carbocycles. The fraction of sp³-hybridized carbons (Fsp3) is 0.0476. The zero-order valence-electron chi connectivity index (χ0n) is 12.5. The van der Waals surface area contributed by atoms with Crippen molar-refractivity contribution in [2.24, 2.45) is 0 Å². The molecule has 0 spiro atoms. The minimum absolute atomic E-state index is 0.398. The van der Waals surface area contributed by atoms with E-state index in [1.54, 1.807) is 4.26 Å². The molecule has 0 unspecified atom stereocenters. The molecule has 3 aromatic carbocycles. The summed E-state index contributed by atoms with van der Waals surface area (Å²) in [5, 5.41) is 5.82. The molecule has 0 aliphatic rings. The number of hydrogen-bond acceptors (Lipinski definition) is 0. The first-order valence-corrected chi connectivity index (χ1v) is 11.0. The fourth-order valence-electron chi connectivity index (χ4n) is 3.22. The molecule has 2 heteroatoms. The Hall–Kier alpha value is -1.74. The van der Waals surface area contributed by atoms with Crippen molar-refractivity contribution < 1.29 is 0 Å². The average Bonchev–Trinajstić information content (AvgIpc) is 3.10. The van der Waals surface area contributed by atoms with Gasteiger partial charge in [-0.2, -0.15) is 0 Å². The van der Waals surface area contributed by atoms with Crippen molar-refractivity contribution in [2.75, 3.05) is 0 Å². The Morgan fingerprint density at radius 3 is 2.09 bits per heavy atom. The van der Waals surface area contributed by atoms with Crippen LogP contribution in [0.2, 0.25) is 0 Å². The van der Waals surface area contributed by atoms with E-state index >= 15 is 0 Å². The van der Waals surface area contributed by atoms with Gasteiger partial charge in [-0.1, -0.05) is 0 Å². The van der Waals surface area contributed by atoms with Gasteiger partial charge in [0.2, 0.25) is 0 Å². The van der Waals surface area contributed by atoms with Gasteiger partial charge in [0.05, 0.1) is 0 Å².